The van der Waals surface area contributed by atoms with Gasteiger partial charge in [0, 0.05) is 31.4 Å². The second-order valence-corrected chi connectivity index (χ2v) is 6.57. The minimum Gasteiger partial charge on any atom is -0.368 e. The van der Waals surface area contributed by atoms with Gasteiger partial charge < -0.3 is 16.0 Å². The summed E-state index contributed by atoms with van der Waals surface area (Å²) in [6.45, 7) is 5.38. The van der Waals surface area contributed by atoms with Crippen LogP contribution in [0.5, 0.6) is 0 Å². The van der Waals surface area contributed by atoms with Gasteiger partial charge >= 0.3 is 0 Å². The molecule has 0 saturated carbocycles. The molecule has 1 amide bonds. The number of hydrogen-bond acceptors (Lipinski definition) is 4. The first-order chi connectivity index (χ1) is 12.2. The molecule has 132 valence electrons. The average Bonchev–Trinajstić information content (AvgIpc) is 2.66. The normalized spacial score (nSPS) is 17.1. The van der Waals surface area contributed by atoms with Crippen molar-refractivity contribution in [2.45, 2.75) is 25.7 Å². The summed E-state index contributed by atoms with van der Waals surface area (Å²) in [4.78, 5) is 16.5. The van der Waals surface area contributed by atoms with Crippen molar-refractivity contribution in [1.29, 1.82) is 0 Å². The van der Waals surface area contributed by atoms with Gasteiger partial charge in [0.1, 0.15) is 5.82 Å². The maximum absolute atomic E-state index is 12.2. The first-order valence-corrected chi connectivity index (χ1v) is 8.98. The van der Waals surface area contributed by atoms with E-state index in [1.54, 1.807) is 6.20 Å². The fourth-order valence-corrected chi connectivity index (χ4v) is 3.14. The molecule has 3 rings (SSSR count). The van der Waals surface area contributed by atoms with Crippen LogP contribution < -0.4 is 16.0 Å². The smallest absolute Gasteiger partial charge is 0.251 e. The van der Waals surface area contributed by atoms with E-state index >= 15 is 0 Å². The number of carbonyl (C=O) groups is 1. The number of anilines is 1. The zero-order valence-corrected chi connectivity index (χ0v) is 14.7. The lowest BCUT2D eigenvalue weighted by Gasteiger charge is -2.23. The van der Waals surface area contributed by atoms with E-state index in [2.05, 4.69) is 33.1 Å². The predicted octanol–water partition coefficient (Wildman–Crippen LogP) is 2.70. The Kier molecular flexibility index (Phi) is 6.01. The highest BCUT2D eigenvalue weighted by molar-refractivity contribution is 5.94. The lowest BCUT2D eigenvalue weighted by Crippen LogP contribution is -2.29. The van der Waals surface area contributed by atoms with Crippen molar-refractivity contribution in [1.82, 2.24) is 15.6 Å². The zero-order chi connectivity index (χ0) is 17.5. The third-order valence-electron chi connectivity index (χ3n) is 4.57. The van der Waals surface area contributed by atoms with E-state index in [1.807, 2.05) is 31.2 Å². The van der Waals surface area contributed by atoms with Crippen molar-refractivity contribution in [3.8, 4) is 0 Å². The predicted molar refractivity (Wildman–Crippen MR) is 101 cm³/mol. The van der Waals surface area contributed by atoms with Crippen molar-refractivity contribution in [3.05, 3.63) is 59.3 Å². The van der Waals surface area contributed by atoms with E-state index in [9.17, 15) is 4.79 Å². The number of aryl methyl sites for hydroxylation is 1. The Labute approximate surface area is 149 Å². The molecule has 0 bridgehead atoms. The molecule has 5 heteroatoms. The Hall–Kier alpha value is -2.40. The molecule has 1 unspecified atom stereocenters. The van der Waals surface area contributed by atoms with E-state index in [0.717, 1.165) is 24.5 Å². The molecule has 1 aromatic heterocycles. The molecule has 25 heavy (non-hydrogen) atoms. The molecule has 0 radical (unpaired) electrons. The fraction of sp³-hybridized carbons (Fsp3) is 0.400. The van der Waals surface area contributed by atoms with Crippen molar-refractivity contribution < 1.29 is 4.79 Å². The standard InChI is InChI=1S/C20H26N4O/c1-15-8-10-22-19(13-15)23-11-12-24-20(25)17-6-4-16(5-7-17)18-3-2-9-21-14-18/h4-8,10,13,18,21H,2-3,9,11-12,14H2,1H3,(H,22,23)(H,24,25). The fourth-order valence-electron chi connectivity index (χ4n) is 3.14. The SMILES string of the molecule is Cc1ccnc(NCCNC(=O)c2ccc(C3CCCNC3)cc2)c1. The monoisotopic (exact) mass is 338 g/mol. The largest absolute Gasteiger partial charge is 0.368 e. The number of pyridine rings is 1. The van der Waals surface area contributed by atoms with Gasteiger partial charge in [-0.3, -0.25) is 4.79 Å². The molecule has 1 aromatic carbocycles. The molecule has 0 aliphatic carbocycles. The average molecular weight is 338 g/mol. The van der Waals surface area contributed by atoms with Crippen LogP contribution in [-0.2, 0) is 0 Å². The number of aromatic nitrogens is 1. The van der Waals surface area contributed by atoms with Gasteiger partial charge in [0.2, 0.25) is 0 Å². The van der Waals surface area contributed by atoms with Crippen molar-refractivity contribution >= 4 is 11.7 Å². The number of benzene rings is 1. The first-order valence-electron chi connectivity index (χ1n) is 8.98. The summed E-state index contributed by atoms with van der Waals surface area (Å²) >= 11 is 0. The molecular weight excluding hydrogens is 312 g/mol. The van der Waals surface area contributed by atoms with Gasteiger partial charge in [-0.05, 0) is 67.6 Å². The van der Waals surface area contributed by atoms with Gasteiger partial charge in [-0.1, -0.05) is 12.1 Å². The second-order valence-electron chi connectivity index (χ2n) is 6.57. The number of hydrogen-bond donors (Lipinski definition) is 3. The van der Waals surface area contributed by atoms with Crippen LogP contribution in [0.4, 0.5) is 5.82 Å². The molecule has 1 aliphatic heterocycles. The van der Waals surface area contributed by atoms with Crippen molar-refractivity contribution in [2.75, 3.05) is 31.5 Å². The Morgan fingerprint density at radius 3 is 2.80 bits per heavy atom. The molecule has 1 fully saturated rings. The summed E-state index contributed by atoms with van der Waals surface area (Å²) < 4.78 is 0. The van der Waals surface area contributed by atoms with Crippen LogP contribution in [0.25, 0.3) is 0 Å². The Morgan fingerprint density at radius 2 is 2.08 bits per heavy atom. The highest BCUT2D eigenvalue weighted by Crippen LogP contribution is 2.23. The summed E-state index contributed by atoms with van der Waals surface area (Å²) in [5.74, 6) is 1.36. The molecule has 0 spiro atoms. The van der Waals surface area contributed by atoms with Crippen LogP contribution in [0.2, 0.25) is 0 Å². The summed E-state index contributed by atoms with van der Waals surface area (Å²) in [7, 11) is 0. The lowest BCUT2D eigenvalue weighted by molar-refractivity contribution is 0.0955. The van der Waals surface area contributed by atoms with Crippen LogP contribution in [0.1, 0.15) is 40.2 Å². The van der Waals surface area contributed by atoms with Crippen LogP contribution in [0, 0.1) is 6.92 Å². The lowest BCUT2D eigenvalue weighted by atomic mass is 9.91. The van der Waals surface area contributed by atoms with Gasteiger partial charge in [0.05, 0.1) is 0 Å². The van der Waals surface area contributed by atoms with Crippen LogP contribution >= 0.6 is 0 Å². The number of nitrogens with zero attached hydrogens (tertiary/aromatic N) is 1. The number of amides is 1. The van der Waals surface area contributed by atoms with E-state index in [-0.39, 0.29) is 5.91 Å². The van der Waals surface area contributed by atoms with E-state index < -0.39 is 0 Å². The molecule has 2 heterocycles. The van der Waals surface area contributed by atoms with Crippen LogP contribution in [0.15, 0.2) is 42.6 Å². The van der Waals surface area contributed by atoms with Gasteiger partial charge in [0.25, 0.3) is 5.91 Å². The number of rotatable bonds is 6. The van der Waals surface area contributed by atoms with Gasteiger partial charge in [0.15, 0.2) is 0 Å². The Bertz CT molecular complexity index is 693. The number of piperidine rings is 1. The summed E-state index contributed by atoms with van der Waals surface area (Å²) in [5.41, 5.74) is 3.19. The molecule has 1 atom stereocenters. The van der Waals surface area contributed by atoms with Gasteiger partial charge in [-0.15, -0.1) is 0 Å². The zero-order valence-electron chi connectivity index (χ0n) is 14.7. The highest BCUT2D eigenvalue weighted by Gasteiger charge is 2.15. The summed E-state index contributed by atoms with van der Waals surface area (Å²) in [5, 5.41) is 9.58. The Morgan fingerprint density at radius 1 is 1.24 bits per heavy atom. The Balaban J connectivity index is 1.44. The van der Waals surface area contributed by atoms with Gasteiger partial charge in [-0.2, -0.15) is 0 Å². The molecular formula is C20H26N4O. The minimum atomic E-state index is -0.0349. The molecule has 3 N–H and O–H groups in total. The van der Waals surface area contributed by atoms with Gasteiger partial charge in [-0.25, -0.2) is 4.98 Å². The van der Waals surface area contributed by atoms with Crippen LogP contribution in [0.3, 0.4) is 0 Å². The van der Waals surface area contributed by atoms with Crippen molar-refractivity contribution in [2.24, 2.45) is 0 Å². The molecule has 2 aromatic rings. The van der Waals surface area contributed by atoms with Crippen molar-refractivity contribution in [3.63, 3.8) is 0 Å². The van der Waals surface area contributed by atoms with Crippen LogP contribution in [-0.4, -0.2) is 37.1 Å². The summed E-state index contributed by atoms with van der Waals surface area (Å²) in [6, 6.07) is 12.0. The van der Waals surface area contributed by atoms with E-state index in [1.165, 1.54) is 18.4 Å². The third-order valence-corrected chi connectivity index (χ3v) is 4.57. The van der Waals surface area contributed by atoms with E-state index in [0.29, 0.717) is 24.6 Å². The maximum Gasteiger partial charge on any atom is 0.251 e. The number of nitrogens with one attached hydrogen (secondary N) is 3. The first kappa shape index (κ1) is 17.4. The molecule has 1 aliphatic rings. The minimum absolute atomic E-state index is 0.0349. The van der Waals surface area contributed by atoms with E-state index in [4.69, 9.17) is 0 Å². The quantitative estimate of drug-likeness (QED) is 0.709. The maximum atomic E-state index is 12.2. The second kappa shape index (κ2) is 8.62. The summed E-state index contributed by atoms with van der Waals surface area (Å²) in [6.07, 6.45) is 4.21. The topological polar surface area (TPSA) is 66.0 Å². The number of carbonyl (C=O) groups excluding carboxylic acids is 1. The highest BCUT2D eigenvalue weighted by atomic mass is 16.1. The molecule has 5 nitrogen and oxygen atoms in total. The molecule has 1 saturated heterocycles. The third kappa shape index (κ3) is 5.03.